The van der Waals surface area contributed by atoms with Gasteiger partial charge in [-0.2, -0.15) is 0 Å². The molecular weight excluding hydrogens is 336 g/mol. The molecule has 0 amide bonds. The largest absolute Gasteiger partial charge is 0.391 e. The monoisotopic (exact) mass is 356 g/mol. The number of aliphatic hydroxyl groups is 1. The summed E-state index contributed by atoms with van der Waals surface area (Å²) < 4.78 is 1.88. The Kier molecular flexibility index (Phi) is 4.61. The third-order valence-electron chi connectivity index (χ3n) is 4.69. The van der Waals surface area contributed by atoms with Crippen molar-refractivity contribution in [2.75, 3.05) is 6.54 Å². The van der Waals surface area contributed by atoms with Gasteiger partial charge >= 0.3 is 0 Å². The van der Waals surface area contributed by atoms with Crippen LogP contribution in [0.3, 0.4) is 0 Å². The molecule has 2 N–H and O–H groups in total. The molecule has 0 unspecified atom stereocenters. The molecule has 1 saturated heterocycles. The highest BCUT2D eigenvalue weighted by Crippen LogP contribution is 2.24. The van der Waals surface area contributed by atoms with Crippen LogP contribution in [0.4, 0.5) is 0 Å². The van der Waals surface area contributed by atoms with E-state index in [-0.39, 0.29) is 18.4 Å². The van der Waals surface area contributed by atoms with E-state index in [0.29, 0.717) is 6.42 Å². The average molecular weight is 356 g/mol. The predicted molar refractivity (Wildman–Crippen MR) is 97.5 cm³/mol. The van der Waals surface area contributed by atoms with Gasteiger partial charge in [0.25, 0.3) is 0 Å². The van der Waals surface area contributed by atoms with Crippen molar-refractivity contribution in [3.05, 3.63) is 35.4 Å². The summed E-state index contributed by atoms with van der Waals surface area (Å²) >= 11 is 1.56. The smallest absolute Gasteiger partial charge is 0.154 e. The molecule has 3 aromatic rings. The number of fused-ring (bicyclic) bond motifs is 1. The summed E-state index contributed by atoms with van der Waals surface area (Å²) in [4.78, 5) is 21.2. The summed E-state index contributed by atoms with van der Waals surface area (Å²) in [5.41, 5.74) is 5.55. The topological polar surface area (TPSA) is 80.0 Å². The summed E-state index contributed by atoms with van der Waals surface area (Å²) in [7, 11) is 0. The molecule has 130 valence electrons. The van der Waals surface area contributed by atoms with Crippen molar-refractivity contribution in [3.63, 3.8) is 0 Å². The van der Waals surface area contributed by atoms with Crippen molar-refractivity contribution in [1.82, 2.24) is 19.9 Å². The summed E-state index contributed by atoms with van der Waals surface area (Å²) in [6.45, 7) is 1.13. The molecule has 0 saturated carbocycles. The number of piperidine rings is 1. The Morgan fingerprint density at radius 3 is 3.12 bits per heavy atom. The normalized spacial score (nSPS) is 20.8. The average Bonchev–Trinajstić information content (AvgIpc) is 3.27. The van der Waals surface area contributed by atoms with Crippen LogP contribution in [0, 0.1) is 0 Å². The lowest BCUT2D eigenvalue weighted by Gasteiger charge is -2.28. The van der Waals surface area contributed by atoms with E-state index in [4.69, 9.17) is 0 Å². The number of rotatable bonds is 5. The van der Waals surface area contributed by atoms with Crippen LogP contribution in [-0.4, -0.2) is 44.1 Å². The Bertz CT molecular complexity index is 874. The molecule has 0 bridgehead atoms. The molecule has 1 aliphatic heterocycles. The van der Waals surface area contributed by atoms with E-state index in [9.17, 15) is 9.90 Å². The second-order valence-corrected chi connectivity index (χ2v) is 7.18. The van der Waals surface area contributed by atoms with Gasteiger partial charge in [-0.15, -0.1) is 11.3 Å². The molecule has 2 aromatic heterocycles. The van der Waals surface area contributed by atoms with Gasteiger partial charge in [0.1, 0.15) is 0 Å². The van der Waals surface area contributed by atoms with Crippen LogP contribution >= 0.6 is 11.3 Å². The summed E-state index contributed by atoms with van der Waals surface area (Å²) in [6, 6.07) is 5.84. The van der Waals surface area contributed by atoms with Crippen molar-refractivity contribution in [2.24, 2.45) is 0 Å². The van der Waals surface area contributed by atoms with Crippen LogP contribution in [0.25, 0.3) is 22.3 Å². The number of carbonyl (C=O) groups excluding carboxylic acids is 1. The quantitative estimate of drug-likeness (QED) is 0.733. The molecule has 0 aliphatic carbocycles. The van der Waals surface area contributed by atoms with Crippen LogP contribution in [0.2, 0.25) is 0 Å². The minimum atomic E-state index is -0.437. The molecule has 1 fully saturated rings. The van der Waals surface area contributed by atoms with Crippen molar-refractivity contribution in [2.45, 2.75) is 38.0 Å². The van der Waals surface area contributed by atoms with Crippen molar-refractivity contribution < 1.29 is 9.90 Å². The molecule has 3 heterocycles. The zero-order valence-electron chi connectivity index (χ0n) is 13.8. The number of imidazole rings is 1. The summed E-state index contributed by atoms with van der Waals surface area (Å²) in [5, 5.41) is 15.3. The van der Waals surface area contributed by atoms with Crippen molar-refractivity contribution in [1.29, 1.82) is 0 Å². The van der Waals surface area contributed by atoms with E-state index < -0.39 is 6.10 Å². The van der Waals surface area contributed by atoms with E-state index in [1.54, 1.807) is 17.7 Å². The minimum absolute atomic E-state index is 0.0943. The lowest BCUT2D eigenvalue weighted by atomic mass is 9.97. The molecule has 4 rings (SSSR count). The molecule has 1 aliphatic rings. The van der Waals surface area contributed by atoms with Gasteiger partial charge in [-0.25, -0.2) is 9.97 Å². The number of thiazole rings is 1. The summed E-state index contributed by atoms with van der Waals surface area (Å²) in [6.07, 6.45) is 3.33. The Hall–Kier alpha value is -2.09. The Morgan fingerprint density at radius 2 is 2.32 bits per heavy atom. The van der Waals surface area contributed by atoms with Gasteiger partial charge in [-0.05, 0) is 31.5 Å². The number of carbonyl (C=O) groups is 1. The standard InChI is InChI=1S/C18H20N4O2S/c23-13(7-15-18(24)2-1-5-19-15)8-22-10-20-14-4-3-12(6-17(14)22)16-9-25-11-21-16/h3-4,6,9-11,15,18-19,24H,1-2,5,7-8H2/t15-,18+/m1/s1. The summed E-state index contributed by atoms with van der Waals surface area (Å²) in [5.74, 6) is 0.0943. The zero-order chi connectivity index (χ0) is 17.2. The van der Waals surface area contributed by atoms with Crippen molar-refractivity contribution >= 4 is 28.2 Å². The van der Waals surface area contributed by atoms with Gasteiger partial charge in [0.15, 0.2) is 5.78 Å². The number of hydrogen-bond donors (Lipinski definition) is 2. The first kappa shape index (κ1) is 16.4. The highest BCUT2D eigenvalue weighted by atomic mass is 32.1. The first-order chi connectivity index (χ1) is 12.2. The van der Waals surface area contributed by atoms with E-state index in [1.165, 1.54) is 0 Å². The molecule has 1 aromatic carbocycles. The van der Waals surface area contributed by atoms with E-state index in [1.807, 2.05) is 33.7 Å². The fourth-order valence-electron chi connectivity index (χ4n) is 3.34. The minimum Gasteiger partial charge on any atom is -0.391 e. The molecular formula is C18H20N4O2S. The first-order valence-electron chi connectivity index (χ1n) is 8.47. The van der Waals surface area contributed by atoms with Gasteiger partial charge in [0.05, 0.1) is 41.2 Å². The SMILES string of the molecule is O=C(C[C@H]1NCCC[C@@H]1O)Cn1cnc2ccc(-c3cscn3)cc21. The van der Waals surface area contributed by atoms with Gasteiger partial charge < -0.3 is 15.0 Å². The number of aliphatic hydroxyl groups excluding tert-OH is 1. The van der Waals surface area contributed by atoms with Crippen LogP contribution in [-0.2, 0) is 11.3 Å². The molecule has 25 heavy (non-hydrogen) atoms. The Morgan fingerprint density at radius 1 is 1.40 bits per heavy atom. The number of Topliss-reactive ketones (excluding diaryl/α,β-unsaturated/α-hetero) is 1. The lowest BCUT2D eigenvalue weighted by Crippen LogP contribution is -2.46. The zero-order valence-corrected chi connectivity index (χ0v) is 14.6. The van der Waals surface area contributed by atoms with Crippen LogP contribution in [0.15, 0.2) is 35.4 Å². The molecule has 0 spiro atoms. The van der Waals surface area contributed by atoms with E-state index in [2.05, 4.69) is 15.3 Å². The van der Waals surface area contributed by atoms with Crippen LogP contribution < -0.4 is 5.32 Å². The highest BCUT2D eigenvalue weighted by molar-refractivity contribution is 7.07. The van der Waals surface area contributed by atoms with Crippen LogP contribution in [0.1, 0.15) is 19.3 Å². The maximum absolute atomic E-state index is 12.5. The molecule has 6 nitrogen and oxygen atoms in total. The highest BCUT2D eigenvalue weighted by Gasteiger charge is 2.25. The lowest BCUT2D eigenvalue weighted by molar-refractivity contribution is -0.121. The predicted octanol–water partition coefficient (Wildman–Crippen LogP) is 2.23. The number of ketones is 1. The molecule has 2 atom stereocenters. The maximum Gasteiger partial charge on any atom is 0.154 e. The van der Waals surface area contributed by atoms with Crippen LogP contribution in [0.5, 0.6) is 0 Å². The third-order valence-corrected chi connectivity index (χ3v) is 5.28. The van der Waals surface area contributed by atoms with Crippen molar-refractivity contribution in [3.8, 4) is 11.3 Å². The molecule has 0 radical (unpaired) electrons. The van der Waals surface area contributed by atoms with Gasteiger partial charge in [-0.1, -0.05) is 6.07 Å². The van der Waals surface area contributed by atoms with E-state index >= 15 is 0 Å². The Labute approximate surface area is 149 Å². The van der Waals surface area contributed by atoms with Gasteiger partial charge in [0.2, 0.25) is 0 Å². The maximum atomic E-state index is 12.5. The number of benzene rings is 1. The second-order valence-electron chi connectivity index (χ2n) is 6.46. The number of nitrogens with one attached hydrogen (secondary N) is 1. The number of nitrogens with zero attached hydrogens (tertiary/aromatic N) is 3. The first-order valence-corrected chi connectivity index (χ1v) is 9.41. The number of hydrogen-bond acceptors (Lipinski definition) is 6. The fourth-order valence-corrected chi connectivity index (χ4v) is 3.90. The molecule has 7 heteroatoms. The van der Waals surface area contributed by atoms with Gasteiger partial charge in [-0.3, -0.25) is 4.79 Å². The number of aromatic nitrogens is 3. The Balaban J connectivity index is 1.52. The third kappa shape index (κ3) is 3.49. The van der Waals surface area contributed by atoms with Gasteiger partial charge in [0, 0.05) is 23.4 Å². The fraction of sp³-hybridized carbons (Fsp3) is 0.389. The van der Waals surface area contributed by atoms with E-state index in [0.717, 1.165) is 41.7 Å². The second kappa shape index (κ2) is 7.03.